The number of aromatic amines is 1. The van der Waals surface area contributed by atoms with E-state index in [4.69, 9.17) is 4.84 Å². The average Bonchev–Trinajstić information content (AvgIpc) is 2.96. The maximum atomic E-state index is 5.10. The largest absolute Gasteiger partial charge is 0.399 e. The van der Waals surface area contributed by atoms with Crippen molar-refractivity contribution in [2.45, 2.75) is 38.0 Å². The molecule has 4 rings (SSSR count). The summed E-state index contributed by atoms with van der Waals surface area (Å²) in [5.41, 5.74) is 5.63. The van der Waals surface area contributed by atoms with E-state index in [1.165, 1.54) is 36.1 Å². The molecule has 1 unspecified atom stereocenters. The van der Waals surface area contributed by atoms with E-state index in [-0.39, 0.29) is 5.41 Å². The highest BCUT2D eigenvalue weighted by atomic mass is 16.6. The summed E-state index contributed by atoms with van der Waals surface area (Å²) in [6, 6.07) is 10.6. The molecule has 0 amide bonds. The van der Waals surface area contributed by atoms with E-state index < -0.39 is 0 Å². The molecule has 1 atom stereocenters. The highest BCUT2D eigenvalue weighted by Crippen LogP contribution is 2.38. The van der Waals surface area contributed by atoms with E-state index in [0.29, 0.717) is 5.92 Å². The van der Waals surface area contributed by atoms with Crippen LogP contribution in [-0.4, -0.2) is 23.0 Å². The van der Waals surface area contributed by atoms with E-state index >= 15 is 0 Å². The second-order valence-corrected chi connectivity index (χ2v) is 7.04. The fraction of sp³-hybridized carbons (Fsp3) is 0.400. The lowest BCUT2D eigenvalue weighted by atomic mass is 9.74. The third kappa shape index (κ3) is 2.46. The van der Waals surface area contributed by atoms with Crippen LogP contribution in [-0.2, 0) is 16.7 Å². The summed E-state index contributed by atoms with van der Waals surface area (Å²) in [4.78, 5) is 5.10. The van der Waals surface area contributed by atoms with Crippen LogP contribution in [0.15, 0.2) is 41.6 Å². The lowest BCUT2D eigenvalue weighted by Gasteiger charge is -2.30. The minimum Gasteiger partial charge on any atom is -0.399 e. The molecule has 0 saturated heterocycles. The van der Waals surface area contributed by atoms with Gasteiger partial charge in [0.1, 0.15) is 18.5 Å². The van der Waals surface area contributed by atoms with Crippen molar-refractivity contribution in [2.75, 3.05) is 7.11 Å². The first-order chi connectivity index (χ1) is 11.7. The van der Waals surface area contributed by atoms with Gasteiger partial charge >= 0.3 is 0 Å². The third-order valence-corrected chi connectivity index (χ3v) is 5.40. The number of oxime groups is 1. The Hall–Kier alpha value is -2.36. The molecule has 1 heterocycles. The second kappa shape index (κ2) is 5.93. The van der Waals surface area contributed by atoms with E-state index in [2.05, 4.69) is 64.8 Å². The van der Waals surface area contributed by atoms with Gasteiger partial charge in [-0.1, -0.05) is 61.0 Å². The van der Waals surface area contributed by atoms with E-state index in [9.17, 15) is 0 Å². The molecule has 1 saturated carbocycles. The van der Waals surface area contributed by atoms with Gasteiger partial charge in [-0.05, 0) is 18.4 Å². The molecule has 1 fully saturated rings. The maximum Gasteiger partial charge on any atom is 0.117 e. The number of hydrogen-bond acceptors (Lipinski definition) is 3. The summed E-state index contributed by atoms with van der Waals surface area (Å²) < 4.78 is 0. The van der Waals surface area contributed by atoms with Crippen LogP contribution in [0.5, 0.6) is 0 Å². The van der Waals surface area contributed by atoms with Gasteiger partial charge in [-0.25, -0.2) is 0 Å². The van der Waals surface area contributed by atoms with Crippen molar-refractivity contribution in [1.29, 1.82) is 0 Å². The zero-order chi connectivity index (χ0) is 16.6. The highest BCUT2D eigenvalue weighted by Gasteiger charge is 2.34. The van der Waals surface area contributed by atoms with Gasteiger partial charge in [0.05, 0.1) is 0 Å². The van der Waals surface area contributed by atoms with Crippen LogP contribution in [0.2, 0.25) is 0 Å². The Kier molecular flexibility index (Phi) is 3.75. The van der Waals surface area contributed by atoms with Gasteiger partial charge in [0.2, 0.25) is 0 Å². The van der Waals surface area contributed by atoms with Gasteiger partial charge in [0.15, 0.2) is 0 Å². The van der Waals surface area contributed by atoms with Crippen LogP contribution in [0, 0.1) is 5.92 Å². The number of fused-ring (bicyclic) bond motifs is 1. The molecule has 0 radical (unpaired) electrons. The normalized spacial score (nSPS) is 23.7. The Labute approximate surface area is 142 Å². The molecule has 24 heavy (non-hydrogen) atoms. The number of rotatable bonds is 4. The van der Waals surface area contributed by atoms with Crippen LogP contribution < -0.4 is 0 Å². The van der Waals surface area contributed by atoms with Gasteiger partial charge < -0.3 is 4.84 Å². The molecule has 1 aromatic carbocycles. The number of nitrogens with one attached hydrogen (secondary N) is 1. The number of benzene rings is 1. The van der Waals surface area contributed by atoms with Crippen LogP contribution in [0.25, 0.3) is 6.08 Å². The first kappa shape index (κ1) is 15.2. The van der Waals surface area contributed by atoms with Gasteiger partial charge in [0, 0.05) is 29.0 Å². The van der Waals surface area contributed by atoms with E-state index in [1.807, 2.05) is 0 Å². The minimum atomic E-state index is -0.00685. The Balaban J connectivity index is 1.69. The summed E-state index contributed by atoms with van der Waals surface area (Å²) >= 11 is 0. The monoisotopic (exact) mass is 321 g/mol. The number of hydrogen-bond donors (Lipinski definition) is 1. The number of aromatic nitrogens is 2. The molecule has 4 nitrogen and oxygen atoms in total. The van der Waals surface area contributed by atoms with Crippen molar-refractivity contribution in [2.24, 2.45) is 11.1 Å². The lowest BCUT2D eigenvalue weighted by molar-refractivity contribution is 0.208. The molecule has 1 N–H and O–H groups in total. The topological polar surface area (TPSA) is 50.3 Å². The molecule has 0 spiro atoms. The number of allylic oxidation sites excluding steroid dienone is 1. The Morgan fingerprint density at radius 2 is 2.08 bits per heavy atom. The Morgan fingerprint density at radius 3 is 2.75 bits per heavy atom. The molecule has 0 bridgehead atoms. The van der Waals surface area contributed by atoms with Crippen molar-refractivity contribution in [1.82, 2.24) is 10.2 Å². The van der Waals surface area contributed by atoms with Crippen LogP contribution in [0.3, 0.4) is 0 Å². The summed E-state index contributed by atoms with van der Waals surface area (Å²) in [6.45, 7) is 2.28. The van der Waals surface area contributed by atoms with Crippen molar-refractivity contribution < 1.29 is 4.84 Å². The standard InChI is InChI=1S/C20H23N3O/c1-20(15-9-4-3-5-10-15)12-11-16-17(13-20)21-22-19(16)18(23-24-2)14-7-6-8-14/h3-5,9-12,14H,6-8,13H2,1-2H3,(H,21,22)/b23-18+. The molecule has 2 aliphatic carbocycles. The van der Waals surface area contributed by atoms with Crippen molar-refractivity contribution in [3.63, 3.8) is 0 Å². The number of nitrogens with zero attached hydrogens (tertiary/aromatic N) is 2. The van der Waals surface area contributed by atoms with Crippen molar-refractivity contribution in [3.05, 3.63) is 58.9 Å². The van der Waals surface area contributed by atoms with Gasteiger partial charge in [-0.15, -0.1) is 0 Å². The Bertz CT molecular complexity index is 786. The fourth-order valence-corrected chi connectivity index (χ4v) is 3.70. The molecule has 2 aliphatic rings. The summed E-state index contributed by atoms with van der Waals surface area (Å²) in [6.07, 6.45) is 9.04. The molecule has 4 heteroatoms. The molecule has 124 valence electrons. The highest BCUT2D eigenvalue weighted by molar-refractivity contribution is 6.03. The fourth-order valence-electron chi connectivity index (χ4n) is 3.70. The lowest BCUT2D eigenvalue weighted by Crippen LogP contribution is -2.26. The number of H-pyrrole nitrogens is 1. The predicted molar refractivity (Wildman–Crippen MR) is 96.0 cm³/mol. The summed E-state index contributed by atoms with van der Waals surface area (Å²) in [5.74, 6) is 0.480. The average molecular weight is 321 g/mol. The van der Waals surface area contributed by atoms with Gasteiger partial charge in [0.25, 0.3) is 0 Å². The SMILES string of the molecule is CO/N=C(/c1n[nH]c2c1C=CC(C)(c1ccccc1)C2)C1CCC1. The van der Waals surface area contributed by atoms with Crippen LogP contribution in [0.4, 0.5) is 0 Å². The smallest absolute Gasteiger partial charge is 0.117 e. The third-order valence-electron chi connectivity index (χ3n) is 5.40. The molecule has 1 aromatic heterocycles. The van der Waals surface area contributed by atoms with E-state index in [1.54, 1.807) is 7.11 Å². The van der Waals surface area contributed by atoms with Crippen LogP contribution >= 0.6 is 0 Å². The van der Waals surface area contributed by atoms with E-state index in [0.717, 1.165) is 17.8 Å². The summed E-state index contributed by atoms with van der Waals surface area (Å²) in [5, 5.41) is 12.1. The minimum absolute atomic E-state index is 0.00685. The Morgan fingerprint density at radius 1 is 1.29 bits per heavy atom. The molecular formula is C20H23N3O. The molecular weight excluding hydrogens is 298 g/mol. The zero-order valence-electron chi connectivity index (χ0n) is 14.2. The molecule has 0 aliphatic heterocycles. The van der Waals surface area contributed by atoms with Gasteiger partial charge in [-0.2, -0.15) is 5.10 Å². The quantitative estimate of drug-likeness (QED) is 0.681. The molecule has 2 aromatic rings. The zero-order valence-corrected chi connectivity index (χ0v) is 14.2. The first-order valence-electron chi connectivity index (χ1n) is 8.65. The first-order valence-corrected chi connectivity index (χ1v) is 8.65. The van der Waals surface area contributed by atoms with Crippen molar-refractivity contribution in [3.8, 4) is 0 Å². The van der Waals surface area contributed by atoms with Gasteiger partial charge in [-0.3, -0.25) is 5.10 Å². The van der Waals surface area contributed by atoms with Crippen LogP contribution in [0.1, 0.15) is 48.7 Å². The van der Waals surface area contributed by atoms with Crippen molar-refractivity contribution >= 4 is 11.8 Å². The maximum absolute atomic E-state index is 5.10. The predicted octanol–water partition coefficient (Wildman–Crippen LogP) is 4.09. The second-order valence-electron chi connectivity index (χ2n) is 7.04. The summed E-state index contributed by atoms with van der Waals surface area (Å²) in [7, 11) is 1.61.